The molecule has 1 saturated heterocycles. The van der Waals surface area contributed by atoms with Crippen molar-refractivity contribution >= 4 is 17.2 Å². The van der Waals surface area contributed by atoms with E-state index in [0.29, 0.717) is 0 Å². The zero-order valence-electron chi connectivity index (χ0n) is 14.7. The smallest absolute Gasteiger partial charge is 0.327 e. The molecule has 2 heterocycles. The van der Waals surface area contributed by atoms with Gasteiger partial charge in [0.1, 0.15) is 17.3 Å². The average Bonchev–Trinajstić information content (AvgIpc) is 2.62. The summed E-state index contributed by atoms with van der Waals surface area (Å²) >= 11 is 0. The zero-order chi connectivity index (χ0) is 18.7. The Hall–Kier alpha value is -2.90. The van der Waals surface area contributed by atoms with Crippen LogP contribution in [0.1, 0.15) is 18.4 Å². The summed E-state index contributed by atoms with van der Waals surface area (Å²) in [6.45, 7) is 3.54. The Bertz CT molecular complexity index is 790. The quantitative estimate of drug-likeness (QED) is 0.649. The molecule has 0 atom stereocenters. The number of rotatable bonds is 5. The van der Waals surface area contributed by atoms with Crippen LogP contribution in [0.3, 0.4) is 0 Å². The number of hydrogen-bond acceptors (Lipinski definition) is 6. The van der Waals surface area contributed by atoms with Gasteiger partial charge in [-0.15, -0.1) is 0 Å². The normalized spacial score (nSPS) is 15.0. The summed E-state index contributed by atoms with van der Waals surface area (Å²) in [5.74, 6) is 0.266. The van der Waals surface area contributed by atoms with Crippen LogP contribution in [0.25, 0.3) is 0 Å². The van der Waals surface area contributed by atoms with Gasteiger partial charge in [-0.3, -0.25) is 10.1 Å². The SMILES string of the molecule is COc1cc(F)c([N+](=O)[O-])c(NC2CCN(c3ccc(C)cn3)CC2)c1. The second kappa shape index (κ2) is 7.55. The molecular weight excluding hydrogens is 339 g/mol. The lowest BCUT2D eigenvalue weighted by atomic mass is 10.0. The second-order valence-electron chi connectivity index (χ2n) is 6.36. The third-order valence-electron chi connectivity index (χ3n) is 4.53. The summed E-state index contributed by atoms with van der Waals surface area (Å²) in [5, 5.41) is 14.3. The minimum absolute atomic E-state index is 0.0157. The summed E-state index contributed by atoms with van der Waals surface area (Å²) < 4.78 is 19.1. The number of nitro groups is 1. The Morgan fingerprint density at radius 2 is 2.08 bits per heavy atom. The van der Waals surface area contributed by atoms with Gasteiger partial charge in [-0.25, -0.2) is 4.98 Å². The van der Waals surface area contributed by atoms with Gasteiger partial charge in [-0.1, -0.05) is 6.07 Å². The number of benzene rings is 1. The molecule has 1 aliphatic heterocycles. The molecule has 7 nitrogen and oxygen atoms in total. The molecule has 2 aromatic rings. The Morgan fingerprint density at radius 3 is 2.65 bits per heavy atom. The van der Waals surface area contributed by atoms with Crippen LogP contribution in [-0.2, 0) is 0 Å². The van der Waals surface area contributed by atoms with Crippen LogP contribution in [-0.4, -0.2) is 36.1 Å². The molecule has 1 aromatic heterocycles. The molecule has 3 rings (SSSR count). The molecule has 0 amide bonds. The first kappa shape index (κ1) is 17.9. The summed E-state index contributed by atoms with van der Waals surface area (Å²) in [6.07, 6.45) is 3.37. The summed E-state index contributed by atoms with van der Waals surface area (Å²) in [5.41, 5.74) is 0.713. The maximum atomic E-state index is 14.0. The molecule has 138 valence electrons. The summed E-state index contributed by atoms with van der Waals surface area (Å²) in [7, 11) is 1.40. The van der Waals surface area contributed by atoms with E-state index < -0.39 is 16.4 Å². The molecular formula is C18H21FN4O3. The van der Waals surface area contributed by atoms with Gasteiger partial charge < -0.3 is 15.0 Å². The third-order valence-corrected chi connectivity index (χ3v) is 4.53. The monoisotopic (exact) mass is 360 g/mol. The van der Waals surface area contributed by atoms with E-state index in [1.165, 1.54) is 13.2 Å². The van der Waals surface area contributed by atoms with Gasteiger partial charge >= 0.3 is 5.69 Å². The molecule has 0 saturated carbocycles. The van der Waals surface area contributed by atoms with Gasteiger partial charge in [-0.2, -0.15) is 4.39 Å². The molecule has 0 spiro atoms. The minimum Gasteiger partial charge on any atom is -0.497 e. The van der Waals surface area contributed by atoms with Gasteiger partial charge in [0.15, 0.2) is 0 Å². The van der Waals surface area contributed by atoms with Crippen LogP contribution in [0.4, 0.5) is 21.6 Å². The topological polar surface area (TPSA) is 80.5 Å². The molecule has 1 aliphatic rings. The van der Waals surface area contributed by atoms with E-state index in [4.69, 9.17) is 4.74 Å². The number of halogens is 1. The van der Waals surface area contributed by atoms with Crippen molar-refractivity contribution in [2.45, 2.75) is 25.8 Å². The van der Waals surface area contributed by atoms with E-state index in [-0.39, 0.29) is 17.5 Å². The van der Waals surface area contributed by atoms with E-state index in [9.17, 15) is 14.5 Å². The van der Waals surface area contributed by atoms with Crippen molar-refractivity contribution in [2.75, 3.05) is 30.4 Å². The fourth-order valence-corrected chi connectivity index (χ4v) is 3.11. The van der Waals surface area contributed by atoms with Gasteiger partial charge in [0.05, 0.1) is 12.0 Å². The summed E-state index contributed by atoms with van der Waals surface area (Å²) in [4.78, 5) is 17.1. The first-order valence-corrected chi connectivity index (χ1v) is 8.44. The number of ether oxygens (including phenoxy) is 1. The zero-order valence-corrected chi connectivity index (χ0v) is 14.7. The number of nitrogens with one attached hydrogen (secondary N) is 1. The number of hydrogen-bond donors (Lipinski definition) is 1. The lowest BCUT2D eigenvalue weighted by Crippen LogP contribution is -2.39. The van der Waals surface area contributed by atoms with Crippen molar-refractivity contribution in [3.63, 3.8) is 0 Å². The maximum Gasteiger partial charge on any atom is 0.327 e. The summed E-state index contributed by atoms with van der Waals surface area (Å²) in [6, 6.07) is 6.52. The highest BCUT2D eigenvalue weighted by molar-refractivity contribution is 5.65. The molecule has 0 radical (unpaired) electrons. The molecule has 8 heteroatoms. The number of pyridine rings is 1. The number of aromatic nitrogens is 1. The van der Waals surface area contributed by atoms with Crippen LogP contribution in [0, 0.1) is 22.9 Å². The van der Waals surface area contributed by atoms with Gasteiger partial charge in [-0.05, 0) is 31.4 Å². The van der Waals surface area contributed by atoms with Gasteiger partial charge in [0.25, 0.3) is 0 Å². The van der Waals surface area contributed by atoms with Crippen LogP contribution in [0.5, 0.6) is 5.75 Å². The number of anilines is 2. The van der Waals surface area contributed by atoms with Crippen LogP contribution < -0.4 is 15.0 Å². The number of aryl methyl sites for hydroxylation is 1. The number of nitrogens with zero attached hydrogens (tertiary/aromatic N) is 3. The van der Waals surface area contributed by atoms with Crippen LogP contribution in [0.15, 0.2) is 30.5 Å². The van der Waals surface area contributed by atoms with E-state index in [0.717, 1.165) is 43.4 Å². The fourth-order valence-electron chi connectivity index (χ4n) is 3.11. The van der Waals surface area contributed by atoms with Crippen molar-refractivity contribution < 1.29 is 14.1 Å². The van der Waals surface area contributed by atoms with E-state index in [1.54, 1.807) is 0 Å². The Kier molecular flexibility index (Phi) is 5.20. The first-order valence-electron chi connectivity index (χ1n) is 8.44. The maximum absolute atomic E-state index is 14.0. The molecule has 0 unspecified atom stereocenters. The first-order chi connectivity index (χ1) is 12.5. The minimum atomic E-state index is -0.904. The van der Waals surface area contributed by atoms with Crippen LogP contribution >= 0.6 is 0 Å². The fraction of sp³-hybridized carbons (Fsp3) is 0.389. The van der Waals surface area contributed by atoms with E-state index >= 15 is 0 Å². The van der Waals surface area contributed by atoms with Crippen LogP contribution in [0.2, 0.25) is 0 Å². The Balaban J connectivity index is 1.70. The van der Waals surface area contributed by atoms with Crippen molar-refractivity contribution in [2.24, 2.45) is 0 Å². The Labute approximate surface area is 150 Å². The van der Waals surface area contributed by atoms with Crippen molar-refractivity contribution in [1.82, 2.24) is 4.98 Å². The molecule has 1 N–H and O–H groups in total. The number of piperidine rings is 1. The van der Waals surface area contributed by atoms with E-state index in [2.05, 4.69) is 15.2 Å². The number of methoxy groups -OCH3 is 1. The van der Waals surface area contributed by atoms with E-state index in [1.807, 2.05) is 25.3 Å². The predicted molar refractivity (Wildman–Crippen MR) is 97.4 cm³/mol. The van der Waals surface area contributed by atoms with Gasteiger partial charge in [0, 0.05) is 37.5 Å². The molecule has 1 aromatic carbocycles. The van der Waals surface area contributed by atoms with Crippen molar-refractivity contribution in [3.8, 4) is 5.75 Å². The highest BCUT2D eigenvalue weighted by Crippen LogP contribution is 2.34. The third kappa shape index (κ3) is 3.84. The highest BCUT2D eigenvalue weighted by Gasteiger charge is 2.26. The molecule has 0 aliphatic carbocycles. The predicted octanol–water partition coefficient (Wildman–Crippen LogP) is 3.53. The lowest BCUT2D eigenvalue weighted by Gasteiger charge is -2.33. The largest absolute Gasteiger partial charge is 0.497 e. The van der Waals surface area contributed by atoms with Crippen molar-refractivity contribution in [3.05, 3.63) is 52.0 Å². The molecule has 0 bridgehead atoms. The molecule has 1 fully saturated rings. The Morgan fingerprint density at radius 1 is 1.35 bits per heavy atom. The molecule has 26 heavy (non-hydrogen) atoms. The lowest BCUT2D eigenvalue weighted by molar-refractivity contribution is -0.386. The standard InChI is InChI=1S/C18H21FN4O3/c1-12-3-4-17(20-11-12)22-7-5-13(6-8-22)21-16-10-14(26-2)9-15(19)18(16)23(24)25/h3-4,9-11,13,21H,5-8H2,1-2H3. The van der Waals surface area contributed by atoms with Gasteiger partial charge in [0.2, 0.25) is 5.82 Å². The highest BCUT2D eigenvalue weighted by atomic mass is 19.1. The average molecular weight is 360 g/mol. The van der Waals surface area contributed by atoms with Crippen molar-refractivity contribution in [1.29, 1.82) is 0 Å². The second-order valence-corrected chi connectivity index (χ2v) is 6.36. The number of nitro benzene ring substituents is 1.